The highest BCUT2D eigenvalue weighted by atomic mass is 16.5. The van der Waals surface area contributed by atoms with Crippen molar-refractivity contribution in [3.63, 3.8) is 0 Å². The molecule has 4 heteroatoms. The molecule has 0 fully saturated rings. The van der Waals surface area contributed by atoms with Crippen molar-refractivity contribution < 1.29 is 13.9 Å². The van der Waals surface area contributed by atoms with E-state index in [1.54, 1.807) is 24.3 Å². The zero-order valence-corrected chi connectivity index (χ0v) is 11.0. The maximum absolute atomic E-state index is 11.8. The lowest BCUT2D eigenvalue weighted by Crippen LogP contribution is -2.14. The number of carbonyl (C=O) groups is 1. The Morgan fingerprint density at radius 2 is 2.11 bits per heavy atom. The molecule has 0 amide bonds. The fraction of sp³-hybridized carbons (Fsp3) is 0.333. The van der Waals surface area contributed by atoms with Crippen LogP contribution in [-0.4, -0.2) is 12.6 Å². The van der Waals surface area contributed by atoms with Gasteiger partial charge in [0.25, 0.3) is 0 Å². The minimum Gasteiger partial charge on any atom is -0.460 e. The SMILES string of the molecule is CCC(C)COC(=O)c1cc(=O)c2ccccc2o1. The van der Waals surface area contributed by atoms with Crippen molar-refractivity contribution in [1.82, 2.24) is 0 Å². The number of ether oxygens (including phenoxy) is 1. The number of rotatable bonds is 4. The number of esters is 1. The Bertz CT molecular complexity index is 642. The van der Waals surface area contributed by atoms with Gasteiger partial charge in [-0.15, -0.1) is 0 Å². The van der Waals surface area contributed by atoms with Crippen molar-refractivity contribution in [3.05, 3.63) is 46.3 Å². The smallest absolute Gasteiger partial charge is 0.374 e. The zero-order chi connectivity index (χ0) is 13.8. The summed E-state index contributed by atoms with van der Waals surface area (Å²) < 4.78 is 10.5. The van der Waals surface area contributed by atoms with E-state index in [4.69, 9.17) is 9.15 Å². The second kappa shape index (κ2) is 5.69. The number of benzene rings is 1. The molecule has 1 aromatic heterocycles. The van der Waals surface area contributed by atoms with Crippen molar-refractivity contribution in [2.75, 3.05) is 6.61 Å². The quantitative estimate of drug-likeness (QED) is 0.793. The zero-order valence-electron chi connectivity index (χ0n) is 11.0. The predicted octanol–water partition coefficient (Wildman–Crippen LogP) is 3.00. The molecule has 100 valence electrons. The molecule has 2 rings (SSSR count). The predicted molar refractivity (Wildman–Crippen MR) is 72.2 cm³/mol. The van der Waals surface area contributed by atoms with E-state index in [0.717, 1.165) is 6.42 Å². The van der Waals surface area contributed by atoms with E-state index in [2.05, 4.69) is 0 Å². The average Bonchev–Trinajstić information content (AvgIpc) is 2.44. The summed E-state index contributed by atoms with van der Waals surface area (Å²) in [7, 11) is 0. The van der Waals surface area contributed by atoms with Crippen LogP contribution >= 0.6 is 0 Å². The molecule has 19 heavy (non-hydrogen) atoms. The molecule has 1 unspecified atom stereocenters. The molecule has 0 aliphatic carbocycles. The van der Waals surface area contributed by atoms with Gasteiger partial charge in [-0.25, -0.2) is 4.79 Å². The first-order valence-electron chi connectivity index (χ1n) is 6.31. The minimum absolute atomic E-state index is 0.0491. The molecule has 0 spiro atoms. The van der Waals surface area contributed by atoms with Gasteiger partial charge in [-0.3, -0.25) is 4.79 Å². The second-order valence-electron chi connectivity index (χ2n) is 4.58. The van der Waals surface area contributed by atoms with Crippen LogP contribution in [0.15, 0.2) is 39.5 Å². The Kier molecular flexibility index (Phi) is 4.00. The Hall–Kier alpha value is -2.10. The molecule has 0 bridgehead atoms. The lowest BCUT2D eigenvalue weighted by atomic mass is 10.1. The topological polar surface area (TPSA) is 56.5 Å². The summed E-state index contributed by atoms with van der Waals surface area (Å²) in [4.78, 5) is 23.6. The van der Waals surface area contributed by atoms with Crippen LogP contribution in [-0.2, 0) is 4.74 Å². The Labute approximate surface area is 111 Å². The van der Waals surface area contributed by atoms with Gasteiger partial charge in [-0.1, -0.05) is 32.4 Å². The Morgan fingerprint density at radius 1 is 1.37 bits per heavy atom. The molecule has 0 saturated heterocycles. The van der Waals surface area contributed by atoms with Crippen LogP contribution in [0.4, 0.5) is 0 Å². The van der Waals surface area contributed by atoms with Gasteiger partial charge in [-0.2, -0.15) is 0 Å². The van der Waals surface area contributed by atoms with Crippen LogP contribution in [0, 0.1) is 5.92 Å². The molecule has 1 heterocycles. The van der Waals surface area contributed by atoms with Gasteiger partial charge in [0.05, 0.1) is 12.0 Å². The summed E-state index contributed by atoms with van der Waals surface area (Å²) in [6.45, 7) is 4.34. The third kappa shape index (κ3) is 3.02. The highest BCUT2D eigenvalue weighted by Crippen LogP contribution is 2.13. The molecule has 0 aliphatic rings. The molecule has 0 saturated carbocycles. The molecule has 1 aromatic carbocycles. The van der Waals surface area contributed by atoms with E-state index < -0.39 is 5.97 Å². The summed E-state index contributed by atoms with van der Waals surface area (Å²) in [5.41, 5.74) is 0.155. The van der Waals surface area contributed by atoms with Crippen LogP contribution in [0.25, 0.3) is 11.0 Å². The van der Waals surface area contributed by atoms with Crippen LogP contribution in [0.1, 0.15) is 30.8 Å². The number of hydrogen-bond acceptors (Lipinski definition) is 4. The lowest BCUT2D eigenvalue weighted by Gasteiger charge is -2.09. The van der Waals surface area contributed by atoms with Crippen LogP contribution in [0.3, 0.4) is 0 Å². The van der Waals surface area contributed by atoms with Gasteiger partial charge in [0.2, 0.25) is 5.76 Å². The highest BCUT2D eigenvalue weighted by molar-refractivity contribution is 5.88. The van der Waals surface area contributed by atoms with Gasteiger partial charge in [-0.05, 0) is 18.1 Å². The van der Waals surface area contributed by atoms with E-state index in [-0.39, 0.29) is 17.1 Å². The maximum Gasteiger partial charge on any atom is 0.374 e. The van der Waals surface area contributed by atoms with Gasteiger partial charge < -0.3 is 9.15 Å². The fourth-order valence-corrected chi connectivity index (χ4v) is 1.61. The van der Waals surface area contributed by atoms with E-state index in [1.807, 2.05) is 13.8 Å². The maximum atomic E-state index is 11.8. The molecule has 0 aliphatic heterocycles. The second-order valence-corrected chi connectivity index (χ2v) is 4.58. The first kappa shape index (κ1) is 13.3. The molecule has 0 radical (unpaired) electrons. The number of hydrogen-bond donors (Lipinski definition) is 0. The molecular formula is C15H16O4. The van der Waals surface area contributed by atoms with Crippen molar-refractivity contribution >= 4 is 16.9 Å². The summed E-state index contributed by atoms with van der Waals surface area (Å²) in [6, 6.07) is 8.00. The minimum atomic E-state index is -0.594. The summed E-state index contributed by atoms with van der Waals surface area (Å²) >= 11 is 0. The van der Waals surface area contributed by atoms with E-state index in [9.17, 15) is 9.59 Å². The number of carbonyl (C=O) groups excluding carboxylic acids is 1. The summed E-state index contributed by atoms with van der Waals surface area (Å²) in [6.07, 6.45) is 0.926. The van der Waals surface area contributed by atoms with Crippen molar-refractivity contribution in [2.24, 2.45) is 5.92 Å². The first-order chi connectivity index (χ1) is 9.11. The van der Waals surface area contributed by atoms with Crippen LogP contribution in [0.2, 0.25) is 0 Å². The molecule has 2 aromatic rings. The monoisotopic (exact) mass is 260 g/mol. The summed E-state index contributed by atoms with van der Waals surface area (Å²) in [5.74, 6) is -0.355. The third-order valence-corrected chi connectivity index (χ3v) is 3.03. The highest BCUT2D eigenvalue weighted by Gasteiger charge is 2.14. The first-order valence-corrected chi connectivity index (χ1v) is 6.31. The average molecular weight is 260 g/mol. The molecular weight excluding hydrogens is 244 g/mol. The van der Waals surface area contributed by atoms with Gasteiger partial charge >= 0.3 is 5.97 Å². The van der Waals surface area contributed by atoms with Crippen LogP contribution in [0.5, 0.6) is 0 Å². The van der Waals surface area contributed by atoms with Gasteiger partial charge in [0, 0.05) is 6.07 Å². The Balaban J connectivity index is 2.25. The van der Waals surface area contributed by atoms with Crippen molar-refractivity contribution in [1.29, 1.82) is 0 Å². The lowest BCUT2D eigenvalue weighted by molar-refractivity contribution is 0.0411. The molecule has 4 nitrogen and oxygen atoms in total. The largest absolute Gasteiger partial charge is 0.460 e. The van der Waals surface area contributed by atoms with Gasteiger partial charge in [0.15, 0.2) is 5.43 Å². The van der Waals surface area contributed by atoms with Crippen LogP contribution < -0.4 is 5.43 Å². The standard InChI is InChI=1S/C15H16O4/c1-3-10(2)9-18-15(17)14-8-12(16)11-6-4-5-7-13(11)19-14/h4-8,10H,3,9H2,1-2H3. The normalized spacial score (nSPS) is 12.3. The Morgan fingerprint density at radius 3 is 2.84 bits per heavy atom. The summed E-state index contributed by atoms with van der Waals surface area (Å²) in [5, 5.41) is 0.459. The van der Waals surface area contributed by atoms with E-state index >= 15 is 0 Å². The molecule has 1 atom stereocenters. The molecule has 0 N–H and O–H groups in total. The van der Waals surface area contributed by atoms with E-state index in [1.165, 1.54) is 6.07 Å². The fourth-order valence-electron chi connectivity index (χ4n) is 1.61. The number of para-hydroxylation sites is 1. The number of fused-ring (bicyclic) bond motifs is 1. The van der Waals surface area contributed by atoms with E-state index in [0.29, 0.717) is 17.6 Å². The van der Waals surface area contributed by atoms with Crippen molar-refractivity contribution in [3.8, 4) is 0 Å². The van der Waals surface area contributed by atoms with Crippen molar-refractivity contribution in [2.45, 2.75) is 20.3 Å². The third-order valence-electron chi connectivity index (χ3n) is 3.03. The van der Waals surface area contributed by atoms with Gasteiger partial charge in [0.1, 0.15) is 5.58 Å².